The Morgan fingerprint density at radius 1 is 1.03 bits per heavy atom. The number of thioether (sulfide) groups is 1. The van der Waals surface area contributed by atoms with E-state index in [-0.39, 0.29) is 11.7 Å². The zero-order valence-electron chi connectivity index (χ0n) is 17.0. The summed E-state index contributed by atoms with van der Waals surface area (Å²) in [4.78, 5) is 24.5. The number of aromatic nitrogens is 3. The van der Waals surface area contributed by atoms with Crippen LogP contribution in [0, 0.1) is 0 Å². The van der Waals surface area contributed by atoms with E-state index in [0.717, 1.165) is 15.8 Å². The number of halogens is 2. The highest BCUT2D eigenvalue weighted by Crippen LogP contribution is 2.26. The molecule has 0 aliphatic rings. The normalized spacial score (nSPS) is 10.7. The van der Waals surface area contributed by atoms with Crippen molar-refractivity contribution in [1.82, 2.24) is 25.6 Å². The third-order valence-electron chi connectivity index (χ3n) is 4.47. The van der Waals surface area contributed by atoms with Gasteiger partial charge in [-0.1, -0.05) is 39.3 Å². The van der Waals surface area contributed by atoms with Crippen molar-refractivity contribution in [3.05, 3.63) is 87.7 Å². The van der Waals surface area contributed by atoms with Crippen molar-refractivity contribution in [3.63, 3.8) is 0 Å². The Labute approximate surface area is 206 Å². The summed E-state index contributed by atoms with van der Waals surface area (Å²) in [5, 5.41) is 9.70. The Hall–Kier alpha value is -3.08. The van der Waals surface area contributed by atoms with Crippen LogP contribution in [-0.2, 0) is 11.3 Å². The number of hydrogen-bond donors (Lipinski definition) is 2. The van der Waals surface area contributed by atoms with E-state index in [0.29, 0.717) is 28.1 Å². The summed E-state index contributed by atoms with van der Waals surface area (Å²) in [7, 11) is 0. The molecule has 4 rings (SSSR count). The van der Waals surface area contributed by atoms with Gasteiger partial charge in [0.25, 0.3) is 5.91 Å². The third-order valence-corrected chi connectivity index (χ3v) is 6.21. The van der Waals surface area contributed by atoms with Crippen LogP contribution in [0.4, 0.5) is 0 Å². The highest BCUT2D eigenvalue weighted by molar-refractivity contribution is 9.10. The number of nitrogens with one attached hydrogen (secondary N) is 2. The van der Waals surface area contributed by atoms with E-state index in [4.69, 9.17) is 16.0 Å². The van der Waals surface area contributed by atoms with Crippen LogP contribution in [-0.4, -0.2) is 32.3 Å². The molecule has 8 nitrogen and oxygen atoms in total. The molecule has 0 radical (unpaired) electrons. The molecule has 33 heavy (non-hydrogen) atoms. The monoisotopic (exact) mass is 545 g/mol. The van der Waals surface area contributed by atoms with Gasteiger partial charge in [0.05, 0.1) is 18.6 Å². The fraction of sp³-hybridized carbons (Fsp3) is 0.0909. The fourth-order valence-corrected chi connectivity index (χ4v) is 4.00. The van der Waals surface area contributed by atoms with Gasteiger partial charge in [0, 0.05) is 20.6 Å². The SMILES string of the molecule is O=C(CSc1nnc(-c2ccc(Cl)cc2)n1Cc1ccco1)NNC(=O)c1ccc(Br)cc1. The summed E-state index contributed by atoms with van der Waals surface area (Å²) in [6, 6.07) is 17.7. The van der Waals surface area contributed by atoms with E-state index in [1.54, 1.807) is 48.7 Å². The van der Waals surface area contributed by atoms with E-state index < -0.39 is 5.91 Å². The predicted molar refractivity (Wildman–Crippen MR) is 129 cm³/mol. The number of carbonyl (C=O) groups excluding carboxylic acids is 2. The molecule has 2 heterocycles. The minimum absolute atomic E-state index is 0.0253. The Morgan fingerprint density at radius 2 is 1.79 bits per heavy atom. The Kier molecular flexibility index (Phi) is 7.48. The number of carbonyl (C=O) groups is 2. The molecule has 0 saturated heterocycles. The number of furan rings is 1. The molecule has 0 saturated carbocycles. The molecule has 168 valence electrons. The third kappa shape index (κ3) is 6.04. The number of amides is 2. The molecule has 0 fully saturated rings. The maximum absolute atomic E-state index is 12.3. The van der Waals surface area contributed by atoms with Gasteiger partial charge >= 0.3 is 0 Å². The molecule has 4 aromatic rings. The molecule has 2 amide bonds. The smallest absolute Gasteiger partial charge is 0.269 e. The van der Waals surface area contributed by atoms with Crippen molar-refractivity contribution in [2.75, 3.05) is 5.75 Å². The van der Waals surface area contributed by atoms with Gasteiger partial charge in [0.2, 0.25) is 5.91 Å². The second-order valence-corrected chi connectivity index (χ2v) is 9.07. The summed E-state index contributed by atoms with van der Waals surface area (Å²) in [5.41, 5.74) is 6.08. The van der Waals surface area contributed by atoms with Crippen molar-refractivity contribution in [3.8, 4) is 11.4 Å². The molecular formula is C22H17BrClN5O3S. The number of rotatable bonds is 7. The Bertz CT molecular complexity index is 1240. The van der Waals surface area contributed by atoms with Crippen molar-refractivity contribution in [1.29, 1.82) is 0 Å². The van der Waals surface area contributed by atoms with Crippen LogP contribution in [0.25, 0.3) is 11.4 Å². The van der Waals surface area contributed by atoms with E-state index in [2.05, 4.69) is 37.0 Å². The Morgan fingerprint density at radius 3 is 2.48 bits per heavy atom. The number of hydrogen-bond acceptors (Lipinski definition) is 6. The van der Waals surface area contributed by atoms with Gasteiger partial charge < -0.3 is 4.42 Å². The van der Waals surface area contributed by atoms with Gasteiger partial charge in [0.15, 0.2) is 11.0 Å². The number of hydrazine groups is 1. The van der Waals surface area contributed by atoms with Crippen LogP contribution in [0.15, 0.2) is 81.0 Å². The van der Waals surface area contributed by atoms with Crippen molar-refractivity contribution < 1.29 is 14.0 Å². The summed E-state index contributed by atoms with van der Waals surface area (Å²) in [5.74, 6) is 0.572. The van der Waals surface area contributed by atoms with Gasteiger partial charge in [-0.15, -0.1) is 10.2 Å². The summed E-state index contributed by atoms with van der Waals surface area (Å²) >= 11 is 10.5. The van der Waals surface area contributed by atoms with Crippen LogP contribution in [0.5, 0.6) is 0 Å². The highest BCUT2D eigenvalue weighted by Gasteiger charge is 2.17. The lowest BCUT2D eigenvalue weighted by atomic mass is 10.2. The van der Waals surface area contributed by atoms with Gasteiger partial charge in [-0.25, -0.2) is 0 Å². The minimum atomic E-state index is -0.410. The maximum Gasteiger partial charge on any atom is 0.269 e. The second-order valence-electron chi connectivity index (χ2n) is 6.78. The number of benzene rings is 2. The zero-order valence-corrected chi connectivity index (χ0v) is 20.2. The van der Waals surface area contributed by atoms with Crippen LogP contribution in [0.3, 0.4) is 0 Å². The molecule has 11 heteroatoms. The standard InChI is InChI=1S/C22H17BrClN5O3S/c23-16-7-3-15(4-8-16)21(31)27-25-19(30)13-33-22-28-26-20(14-5-9-17(24)10-6-14)29(22)12-18-2-1-11-32-18/h1-11H,12-13H2,(H,25,30)(H,27,31). The molecule has 0 spiro atoms. The lowest BCUT2D eigenvalue weighted by Crippen LogP contribution is -2.42. The van der Waals surface area contributed by atoms with Crippen LogP contribution >= 0.6 is 39.3 Å². The van der Waals surface area contributed by atoms with Gasteiger partial charge in [0.1, 0.15) is 5.76 Å². The average molecular weight is 547 g/mol. The predicted octanol–water partition coefficient (Wildman–Crippen LogP) is 4.56. The van der Waals surface area contributed by atoms with E-state index in [1.807, 2.05) is 22.8 Å². The first-order valence-corrected chi connectivity index (χ1v) is 11.8. The molecule has 2 N–H and O–H groups in total. The molecule has 2 aromatic heterocycles. The van der Waals surface area contributed by atoms with Crippen molar-refractivity contribution >= 4 is 51.1 Å². The zero-order chi connectivity index (χ0) is 23.2. The number of nitrogens with zero attached hydrogens (tertiary/aromatic N) is 3. The van der Waals surface area contributed by atoms with Crippen molar-refractivity contribution in [2.45, 2.75) is 11.7 Å². The first-order valence-electron chi connectivity index (χ1n) is 9.68. The minimum Gasteiger partial charge on any atom is -0.467 e. The van der Waals surface area contributed by atoms with Gasteiger partial charge in [-0.3, -0.25) is 25.0 Å². The molecule has 2 aromatic carbocycles. The molecule has 0 atom stereocenters. The average Bonchev–Trinajstić information content (AvgIpc) is 3.47. The summed E-state index contributed by atoms with van der Waals surface area (Å²) in [6.45, 7) is 0.391. The summed E-state index contributed by atoms with van der Waals surface area (Å²) < 4.78 is 8.19. The van der Waals surface area contributed by atoms with Gasteiger partial charge in [-0.05, 0) is 60.7 Å². The van der Waals surface area contributed by atoms with Crippen LogP contribution in [0.2, 0.25) is 5.02 Å². The van der Waals surface area contributed by atoms with E-state index in [1.165, 1.54) is 11.8 Å². The van der Waals surface area contributed by atoms with Crippen LogP contribution in [0.1, 0.15) is 16.1 Å². The van der Waals surface area contributed by atoms with Gasteiger partial charge in [-0.2, -0.15) is 0 Å². The lowest BCUT2D eigenvalue weighted by molar-refractivity contribution is -0.119. The second kappa shape index (κ2) is 10.7. The van der Waals surface area contributed by atoms with E-state index >= 15 is 0 Å². The van der Waals surface area contributed by atoms with Crippen molar-refractivity contribution in [2.24, 2.45) is 0 Å². The maximum atomic E-state index is 12.3. The fourth-order valence-electron chi connectivity index (χ4n) is 2.87. The molecule has 0 unspecified atom stereocenters. The molecule has 0 aliphatic heterocycles. The topological polar surface area (TPSA) is 102 Å². The molecular weight excluding hydrogens is 530 g/mol. The first-order chi connectivity index (χ1) is 16.0. The van der Waals surface area contributed by atoms with E-state index in [9.17, 15) is 9.59 Å². The quantitative estimate of drug-likeness (QED) is 0.260. The van der Waals surface area contributed by atoms with Crippen LogP contribution < -0.4 is 10.9 Å². The molecule has 0 aliphatic carbocycles. The Balaban J connectivity index is 1.42. The first kappa shape index (κ1) is 23.1. The highest BCUT2D eigenvalue weighted by atomic mass is 79.9. The lowest BCUT2D eigenvalue weighted by Gasteiger charge is -2.10. The molecule has 0 bridgehead atoms. The summed E-state index contributed by atoms with van der Waals surface area (Å²) in [6.07, 6.45) is 1.59. The largest absolute Gasteiger partial charge is 0.467 e.